The van der Waals surface area contributed by atoms with Crippen molar-refractivity contribution in [3.05, 3.63) is 67.9 Å². The Hall–Kier alpha value is -2.28. The van der Waals surface area contributed by atoms with Crippen molar-refractivity contribution in [2.45, 2.75) is 6.61 Å². The molecule has 7 heteroatoms. The van der Waals surface area contributed by atoms with Crippen LogP contribution in [0.4, 0.5) is 10.1 Å². The van der Waals surface area contributed by atoms with Crippen LogP contribution in [-0.2, 0) is 6.61 Å². The van der Waals surface area contributed by atoms with Gasteiger partial charge in [0.25, 0.3) is 5.69 Å². The second kappa shape index (κ2) is 6.45. The van der Waals surface area contributed by atoms with Crippen LogP contribution >= 0.6 is 15.9 Å². The Labute approximate surface area is 127 Å². The molecule has 0 atom stereocenters. The van der Waals surface area contributed by atoms with Crippen molar-refractivity contribution in [1.29, 1.82) is 0 Å². The Kier molecular flexibility index (Phi) is 4.64. The number of carbonyl (C=O) groups is 1. The fraction of sp³-hybridized carbons (Fsp3) is 0.0714. The van der Waals surface area contributed by atoms with E-state index in [9.17, 15) is 19.3 Å². The molecule has 2 aromatic rings. The number of halogens is 2. The van der Waals surface area contributed by atoms with E-state index >= 15 is 0 Å². The zero-order chi connectivity index (χ0) is 15.4. The van der Waals surface area contributed by atoms with Gasteiger partial charge in [-0.3, -0.25) is 14.9 Å². The SMILES string of the molecule is O=Cc1cc(F)ccc1OCc1cccc([N+](=O)[O-])c1Br. The molecule has 0 aliphatic heterocycles. The number of nitrogens with zero attached hydrogens (tertiary/aromatic N) is 1. The van der Waals surface area contributed by atoms with Crippen LogP contribution in [0.15, 0.2) is 40.9 Å². The maximum Gasteiger partial charge on any atom is 0.283 e. The molecule has 0 heterocycles. The molecule has 0 aliphatic rings. The highest BCUT2D eigenvalue weighted by Gasteiger charge is 2.15. The second-order valence-corrected chi connectivity index (χ2v) is 4.89. The van der Waals surface area contributed by atoms with Crippen LogP contribution in [0, 0.1) is 15.9 Å². The third-order valence-corrected chi connectivity index (χ3v) is 3.65. The Morgan fingerprint density at radius 2 is 2.10 bits per heavy atom. The third kappa shape index (κ3) is 3.43. The van der Waals surface area contributed by atoms with Gasteiger partial charge in [0.15, 0.2) is 6.29 Å². The molecule has 0 aliphatic carbocycles. The van der Waals surface area contributed by atoms with Crippen molar-refractivity contribution < 1.29 is 18.8 Å². The van der Waals surface area contributed by atoms with Gasteiger partial charge in [0.05, 0.1) is 10.5 Å². The first kappa shape index (κ1) is 15.1. The van der Waals surface area contributed by atoms with Gasteiger partial charge >= 0.3 is 0 Å². The summed E-state index contributed by atoms with van der Waals surface area (Å²) in [6, 6.07) is 8.12. The molecule has 0 amide bonds. The maximum absolute atomic E-state index is 13.0. The van der Waals surface area contributed by atoms with E-state index < -0.39 is 10.7 Å². The van der Waals surface area contributed by atoms with Gasteiger partial charge in [-0.05, 0) is 34.1 Å². The number of nitro groups is 1. The van der Waals surface area contributed by atoms with E-state index in [4.69, 9.17) is 4.74 Å². The molecule has 2 rings (SSSR count). The normalized spacial score (nSPS) is 10.2. The summed E-state index contributed by atoms with van der Waals surface area (Å²) in [6.45, 7) is 0.00867. The van der Waals surface area contributed by atoms with Crippen molar-refractivity contribution in [2.24, 2.45) is 0 Å². The van der Waals surface area contributed by atoms with Crippen molar-refractivity contribution in [3.63, 3.8) is 0 Å². The van der Waals surface area contributed by atoms with Crippen LogP contribution in [0.3, 0.4) is 0 Å². The van der Waals surface area contributed by atoms with Gasteiger partial charge < -0.3 is 4.74 Å². The highest BCUT2D eigenvalue weighted by atomic mass is 79.9. The summed E-state index contributed by atoms with van der Waals surface area (Å²) in [5, 5.41) is 10.8. The first-order chi connectivity index (χ1) is 10.0. The van der Waals surface area contributed by atoms with Gasteiger partial charge in [-0.15, -0.1) is 0 Å². The smallest absolute Gasteiger partial charge is 0.283 e. The van der Waals surface area contributed by atoms with Crippen LogP contribution in [0.2, 0.25) is 0 Å². The van der Waals surface area contributed by atoms with E-state index in [2.05, 4.69) is 15.9 Å². The Morgan fingerprint density at radius 1 is 1.33 bits per heavy atom. The van der Waals surface area contributed by atoms with Gasteiger partial charge in [-0.25, -0.2) is 4.39 Å². The van der Waals surface area contributed by atoms with Crippen LogP contribution < -0.4 is 4.74 Å². The number of rotatable bonds is 5. The quantitative estimate of drug-likeness (QED) is 0.464. The molecule has 0 N–H and O–H groups in total. The number of aldehydes is 1. The summed E-state index contributed by atoms with van der Waals surface area (Å²) >= 11 is 3.15. The summed E-state index contributed by atoms with van der Waals surface area (Å²) in [5.74, 6) is -0.328. The van der Waals surface area contributed by atoms with Crippen molar-refractivity contribution in [3.8, 4) is 5.75 Å². The zero-order valence-corrected chi connectivity index (χ0v) is 12.2. The topological polar surface area (TPSA) is 69.4 Å². The van der Waals surface area contributed by atoms with E-state index in [0.29, 0.717) is 16.3 Å². The summed E-state index contributed by atoms with van der Waals surface area (Å²) < 4.78 is 18.8. The second-order valence-electron chi connectivity index (χ2n) is 4.10. The molecular formula is C14H9BrFNO4. The molecule has 2 aromatic carbocycles. The van der Waals surface area contributed by atoms with Gasteiger partial charge in [0, 0.05) is 11.6 Å². The molecule has 0 saturated carbocycles. The summed E-state index contributed by atoms with van der Waals surface area (Å²) in [7, 11) is 0. The maximum atomic E-state index is 13.0. The lowest BCUT2D eigenvalue weighted by atomic mass is 10.2. The number of hydrogen-bond donors (Lipinski definition) is 0. The highest BCUT2D eigenvalue weighted by Crippen LogP contribution is 2.29. The fourth-order valence-corrected chi connectivity index (χ4v) is 2.24. The highest BCUT2D eigenvalue weighted by molar-refractivity contribution is 9.10. The van der Waals surface area contributed by atoms with Gasteiger partial charge in [-0.2, -0.15) is 0 Å². The Balaban J connectivity index is 2.23. The third-order valence-electron chi connectivity index (χ3n) is 2.74. The fourth-order valence-electron chi connectivity index (χ4n) is 1.72. The number of ether oxygens (including phenoxy) is 1. The number of hydrogen-bond acceptors (Lipinski definition) is 4. The van der Waals surface area contributed by atoms with Gasteiger partial charge in [0.1, 0.15) is 22.6 Å². The minimum absolute atomic E-state index is 0.00867. The molecule has 21 heavy (non-hydrogen) atoms. The zero-order valence-electron chi connectivity index (χ0n) is 10.6. The molecule has 0 unspecified atom stereocenters. The summed E-state index contributed by atoms with van der Waals surface area (Å²) in [5.41, 5.74) is 0.549. The van der Waals surface area contributed by atoms with E-state index in [1.54, 1.807) is 6.07 Å². The number of carbonyl (C=O) groups excluding carboxylic acids is 1. The van der Waals surface area contributed by atoms with Crippen LogP contribution in [0.1, 0.15) is 15.9 Å². The lowest BCUT2D eigenvalue weighted by molar-refractivity contribution is -0.385. The average molecular weight is 354 g/mol. The number of benzene rings is 2. The number of nitro benzene ring substituents is 1. The first-order valence-corrected chi connectivity index (χ1v) is 6.61. The predicted octanol–water partition coefficient (Wildman–Crippen LogP) is 3.89. The molecule has 0 aromatic heterocycles. The lowest BCUT2D eigenvalue weighted by Crippen LogP contribution is -2.01. The molecule has 0 fully saturated rings. The predicted molar refractivity (Wildman–Crippen MR) is 76.9 cm³/mol. The molecule has 0 radical (unpaired) electrons. The average Bonchev–Trinajstić information content (AvgIpc) is 2.46. The molecular weight excluding hydrogens is 345 g/mol. The molecule has 0 spiro atoms. The van der Waals surface area contributed by atoms with E-state index in [0.717, 1.165) is 6.07 Å². The lowest BCUT2D eigenvalue weighted by Gasteiger charge is -2.10. The van der Waals surface area contributed by atoms with E-state index in [-0.39, 0.29) is 23.6 Å². The first-order valence-electron chi connectivity index (χ1n) is 5.82. The van der Waals surface area contributed by atoms with Crippen molar-refractivity contribution in [2.75, 3.05) is 0 Å². The van der Waals surface area contributed by atoms with Crippen LogP contribution in [0.25, 0.3) is 0 Å². The van der Waals surface area contributed by atoms with E-state index in [1.807, 2.05) is 0 Å². The van der Waals surface area contributed by atoms with E-state index in [1.165, 1.54) is 24.3 Å². The minimum atomic E-state index is -0.541. The van der Waals surface area contributed by atoms with Gasteiger partial charge in [-0.1, -0.05) is 12.1 Å². The summed E-state index contributed by atoms with van der Waals surface area (Å²) in [6.07, 6.45) is 0.487. The summed E-state index contributed by atoms with van der Waals surface area (Å²) in [4.78, 5) is 21.2. The minimum Gasteiger partial charge on any atom is -0.488 e. The largest absolute Gasteiger partial charge is 0.488 e. The van der Waals surface area contributed by atoms with Gasteiger partial charge in [0.2, 0.25) is 0 Å². The molecule has 5 nitrogen and oxygen atoms in total. The molecule has 0 saturated heterocycles. The molecule has 0 bridgehead atoms. The van der Waals surface area contributed by atoms with Crippen LogP contribution in [-0.4, -0.2) is 11.2 Å². The van der Waals surface area contributed by atoms with Crippen molar-refractivity contribution in [1.82, 2.24) is 0 Å². The Morgan fingerprint density at radius 3 is 2.76 bits per heavy atom. The monoisotopic (exact) mass is 353 g/mol. The molecule has 108 valence electrons. The standard InChI is InChI=1S/C14H9BrFNO4/c15-14-9(2-1-3-12(14)17(19)20)8-21-13-5-4-11(16)6-10(13)7-18/h1-7H,8H2. The Bertz CT molecular complexity index is 705. The van der Waals surface area contributed by atoms with Crippen LogP contribution in [0.5, 0.6) is 5.75 Å². The van der Waals surface area contributed by atoms with Crippen molar-refractivity contribution >= 4 is 27.9 Å².